The van der Waals surface area contributed by atoms with Crippen LogP contribution in [0.25, 0.3) is 0 Å². The van der Waals surface area contributed by atoms with Crippen LogP contribution >= 0.6 is 0 Å². The molecule has 150 valence electrons. The van der Waals surface area contributed by atoms with Crippen molar-refractivity contribution in [3.05, 3.63) is 29.8 Å². The molecule has 2 fully saturated rings. The highest BCUT2D eigenvalue weighted by atomic mass is 16.5. The predicted octanol–water partition coefficient (Wildman–Crippen LogP) is 2.10. The number of piperidine rings is 1. The van der Waals surface area contributed by atoms with Crippen LogP contribution in [0, 0.1) is 0 Å². The van der Waals surface area contributed by atoms with E-state index in [1.807, 2.05) is 24.3 Å². The summed E-state index contributed by atoms with van der Waals surface area (Å²) in [4.78, 5) is 14.8. The second-order valence-corrected chi connectivity index (χ2v) is 7.99. The minimum absolute atomic E-state index is 0.111. The number of ether oxygens (including phenoxy) is 2. The first-order valence-corrected chi connectivity index (χ1v) is 9.89. The van der Waals surface area contributed by atoms with Crippen LogP contribution in [0.5, 0.6) is 5.75 Å². The quantitative estimate of drug-likeness (QED) is 0.727. The zero-order chi connectivity index (χ0) is 19.3. The second-order valence-electron chi connectivity index (χ2n) is 7.99. The largest absolute Gasteiger partial charge is 0.497 e. The molecule has 27 heavy (non-hydrogen) atoms. The van der Waals surface area contributed by atoms with Gasteiger partial charge in [0, 0.05) is 32.3 Å². The van der Waals surface area contributed by atoms with Crippen LogP contribution in [0.2, 0.25) is 0 Å². The molecule has 1 saturated carbocycles. The Labute approximate surface area is 161 Å². The lowest BCUT2D eigenvalue weighted by molar-refractivity contribution is -0.157. The fourth-order valence-electron chi connectivity index (χ4n) is 4.41. The molecule has 1 atom stereocenters. The number of β-amino-alcohol motifs (C(OH)–C–C–N with tert-alkyl or cyclic N) is 1. The summed E-state index contributed by atoms with van der Waals surface area (Å²) in [5.41, 5.74) is -0.452. The van der Waals surface area contributed by atoms with Crippen molar-refractivity contribution in [2.45, 2.75) is 56.2 Å². The number of benzene rings is 1. The molecule has 1 aromatic rings. The Balaban J connectivity index is 1.65. The average molecular weight is 376 g/mol. The third-order valence-electron chi connectivity index (χ3n) is 5.95. The third kappa shape index (κ3) is 4.62. The second kappa shape index (κ2) is 8.59. The van der Waals surface area contributed by atoms with E-state index in [4.69, 9.17) is 9.47 Å². The molecule has 2 aliphatic rings. The van der Waals surface area contributed by atoms with E-state index in [1.165, 1.54) is 0 Å². The molecule has 1 heterocycles. The van der Waals surface area contributed by atoms with Gasteiger partial charge in [0.2, 0.25) is 0 Å². The van der Waals surface area contributed by atoms with Crippen LogP contribution in [0.15, 0.2) is 24.3 Å². The van der Waals surface area contributed by atoms with Gasteiger partial charge in [0.15, 0.2) is 5.60 Å². The Bertz CT molecular complexity index is 645. The van der Waals surface area contributed by atoms with Crippen LogP contribution in [-0.2, 0) is 16.1 Å². The van der Waals surface area contributed by atoms with Gasteiger partial charge in [-0.05, 0) is 43.4 Å². The molecule has 6 nitrogen and oxygen atoms in total. The number of hydrogen-bond donors (Lipinski definition) is 2. The molecule has 1 aliphatic heterocycles. The van der Waals surface area contributed by atoms with E-state index in [-0.39, 0.29) is 18.0 Å². The van der Waals surface area contributed by atoms with E-state index in [0.717, 1.165) is 43.4 Å². The average Bonchev–Trinajstić information content (AvgIpc) is 3.14. The normalized spacial score (nSPS) is 25.0. The summed E-state index contributed by atoms with van der Waals surface area (Å²) < 4.78 is 10.7. The number of likely N-dealkylation sites (tertiary alicyclic amines) is 1. The summed E-state index contributed by atoms with van der Waals surface area (Å²) in [5, 5.41) is 14.6. The summed E-state index contributed by atoms with van der Waals surface area (Å²) >= 11 is 0. The monoisotopic (exact) mass is 376 g/mol. The Kier molecular flexibility index (Phi) is 6.40. The summed E-state index contributed by atoms with van der Waals surface area (Å²) in [7, 11) is 3.34. The van der Waals surface area contributed by atoms with Crippen molar-refractivity contribution < 1.29 is 19.4 Å². The smallest absolute Gasteiger partial charge is 0.256 e. The van der Waals surface area contributed by atoms with Crippen LogP contribution < -0.4 is 10.1 Å². The number of nitrogens with one attached hydrogen (secondary N) is 1. The number of carbonyl (C=O) groups is 1. The van der Waals surface area contributed by atoms with Crippen molar-refractivity contribution in [3.63, 3.8) is 0 Å². The number of carbonyl (C=O) groups excluding carboxylic acids is 1. The molecular formula is C21H32N2O4. The predicted molar refractivity (Wildman–Crippen MR) is 104 cm³/mol. The van der Waals surface area contributed by atoms with Gasteiger partial charge in [-0.2, -0.15) is 0 Å². The lowest BCUT2D eigenvalue weighted by atomic mass is 9.89. The standard InChI is InChI=1S/C21H32N2O4/c1-26-16-20(9-3-4-10-20)22-15-21(25)11-6-12-23(19(21)24)14-17-7-5-8-18(13-17)27-2/h5,7-8,13,22,25H,3-4,6,9-12,14-16H2,1-2H3/t21-/m1/s1. The Morgan fingerprint density at radius 3 is 2.67 bits per heavy atom. The van der Waals surface area contributed by atoms with Gasteiger partial charge in [-0.25, -0.2) is 0 Å². The van der Waals surface area contributed by atoms with Crippen molar-refractivity contribution in [1.82, 2.24) is 10.2 Å². The van der Waals surface area contributed by atoms with E-state index in [1.54, 1.807) is 19.1 Å². The SMILES string of the molecule is COCC1(NC[C@]2(O)CCCN(Cc3cccc(OC)c3)C2=O)CCCC1. The maximum atomic E-state index is 13.0. The highest BCUT2D eigenvalue weighted by Gasteiger charge is 2.44. The Hall–Kier alpha value is -1.63. The molecule has 6 heteroatoms. The summed E-state index contributed by atoms with van der Waals surface area (Å²) in [6, 6.07) is 7.72. The molecule has 0 unspecified atom stereocenters. The van der Waals surface area contributed by atoms with Crippen molar-refractivity contribution in [1.29, 1.82) is 0 Å². The van der Waals surface area contributed by atoms with Crippen molar-refractivity contribution in [2.24, 2.45) is 0 Å². The highest BCUT2D eigenvalue weighted by molar-refractivity contribution is 5.86. The zero-order valence-electron chi connectivity index (χ0n) is 16.5. The molecule has 3 rings (SSSR count). The van der Waals surface area contributed by atoms with Crippen LogP contribution in [0.3, 0.4) is 0 Å². The van der Waals surface area contributed by atoms with Crippen LogP contribution in [0.1, 0.15) is 44.1 Å². The Morgan fingerprint density at radius 2 is 1.96 bits per heavy atom. The molecular weight excluding hydrogens is 344 g/mol. The molecule has 0 aromatic heterocycles. The fraction of sp³-hybridized carbons (Fsp3) is 0.667. The van der Waals surface area contributed by atoms with Gasteiger partial charge in [-0.3, -0.25) is 4.79 Å². The van der Waals surface area contributed by atoms with Gasteiger partial charge in [0.1, 0.15) is 5.75 Å². The molecule has 0 bridgehead atoms. The maximum absolute atomic E-state index is 13.0. The number of methoxy groups -OCH3 is 2. The van der Waals surface area contributed by atoms with Crippen molar-refractivity contribution in [3.8, 4) is 5.75 Å². The van der Waals surface area contributed by atoms with E-state index in [0.29, 0.717) is 26.1 Å². The molecule has 1 amide bonds. The van der Waals surface area contributed by atoms with Crippen LogP contribution in [0.4, 0.5) is 0 Å². The molecule has 2 N–H and O–H groups in total. The summed E-state index contributed by atoms with van der Waals surface area (Å²) in [5.74, 6) is 0.589. The van der Waals surface area contributed by atoms with Gasteiger partial charge in [0.25, 0.3) is 5.91 Å². The number of aliphatic hydroxyl groups is 1. The van der Waals surface area contributed by atoms with Crippen LogP contribution in [-0.4, -0.2) is 61.0 Å². The van der Waals surface area contributed by atoms with Gasteiger partial charge in [0.05, 0.1) is 13.7 Å². The zero-order valence-corrected chi connectivity index (χ0v) is 16.5. The molecule has 1 aliphatic carbocycles. The van der Waals surface area contributed by atoms with Crippen molar-refractivity contribution >= 4 is 5.91 Å². The third-order valence-corrected chi connectivity index (χ3v) is 5.95. The number of amides is 1. The van der Waals surface area contributed by atoms with Gasteiger partial charge < -0.3 is 24.8 Å². The number of rotatable bonds is 8. The molecule has 0 radical (unpaired) electrons. The minimum atomic E-state index is -1.35. The highest BCUT2D eigenvalue weighted by Crippen LogP contribution is 2.32. The van der Waals surface area contributed by atoms with Gasteiger partial charge >= 0.3 is 0 Å². The molecule has 1 saturated heterocycles. The van der Waals surface area contributed by atoms with E-state index in [9.17, 15) is 9.90 Å². The first-order valence-electron chi connectivity index (χ1n) is 9.89. The number of hydrogen-bond acceptors (Lipinski definition) is 5. The first-order chi connectivity index (χ1) is 13.0. The molecule has 1 aromatic carbocycles. The lowest BCUT2D eigenvalue weighted by Crippen LogP contribution is -2.61. The summed E-state index contributed by atoms with van der Waals surface area (Å²) in [6.45, 7) is 2.05. The van der Waals surface area contributed by atoms with E-state index < -0.39 is 5.60 Å². The van der Waals surface area contributed by atoms with E-state index >= 15 is 0 Å². The number of nitrogens with zero attached hydrogens (tertiary/aromatic N) is 1. The topological polar surface area (TPSA) is 71.0 Å². The maximum Gasteiger partial charge on any atom is 0.256 e. The van der Waals surface area contributed by atoms with E-state index in [2.05, 4.69) is 5.32 Å². The molecule has 0 spiro atoms. The van der Waals surface area contributed by atoms with Gasteiger partial charge in [-0.15, -0.1) is 0 Å². The van der Waals surface area contributed by atoms with Crippen molar-refractivity contribution in [2.75, 3.05) is 33.9 Å². The summed E-state index contributed by atoms with van der Waals surface area (Å²) in [6.07, 6.45) is 5.66. The van der Waals surface area contributed by atoms with Gasteiger partial charge in [-0.1, -0.05) is 25.0 Å². The Morgan fingerprint density at radius 1 is 1.19 bits per heavy atom. The first kappa shape index (κ1) is 20.1. The fourth-order valence-corrected chi connectivity index (χ4v) is 4.41. The lowest BCUT2D eigenvalue weighted by Gasteiger charge is -2.41. The minimum Gasteiger partial charge on any atom is -0.497 e.